The fourth-order valence-corrected chi connectivity index (χ4v) is 4.85. The van der Waals surface area contributed by atoms with Crippen molar-refractivity contribution < 1.29 is 9.59 Å². The average Bonchev–Trinajstić information content (AvgIpc) is 3.23. The number of hydrogen-bond acceptors (Lipinski definition) is 7. The van der Waals surface area contributed by atoms with Gasteiger partial charge in [-0.1, -0.05) is 12.1 Å². The molecule has 0 radical (unpaired) electrons. The van der Waals surface area contributed by atoms with Gasteiger partial charge in [0.25, 0.3) is 0 Å². The number of aromatic nitrogens is 2. The van der Waals surface area contributed by atoms with E-state index in [0.717, 1.165) is 18.7 Å². The first-order valence-corrected chi connectivity index (χ1v) is 11.7. The zero-order chi connectivity index (χ0) is 23.8. The van der Waals surface area contributed by atoms with E-state index in [0.29, 0.717) is 50.1 Å². The molecule has 0 bridgehead atoms. The molecular formula is C23H30N8O3. The molecule has 1 aliphatic carbocycles. The molecule has 2 aromatic rings. The first kappa shape index (κ1) is 22.5. The Morgan fingerprint density at radius 1 is 1.09 bits per heavy atom. The van der Waals surface area contributed by atoms with Crippen LogP contribution in [0.3, 0.4) is 0 Å². The Hall–Kier alpha value is -3.28. The minimum absolute atomic E-state index is 0.0395. The summed E-state index contributed by atoms with van der Waals surface area (Å²) in [5, 5.41) is 5.87. The van der Waals surface area contributed by atoms with Gasteiger partial charge in [-0.05, 0) is 42.0 Å². The maximum absolute atomic E-state index is 12.6. The highest BCUT2D eigenvalue weighted by molar-refractivity contribution is 5.88. The SMILES string of the molecule is NC1C2CN(C(=O)[C@@H](N)Cc3ccc(-n4ccc(NC(=O)N5CCNCC5)nc4=O)cc3)CC12. The van der Waals surface area contributed by atoms with E-state index >= 15 is 0 Å². The van der Waals surface area contributed by atoms with E-state index in [4.69, 9.17) is 11.5 Å². The summed E-state index contributed by atoms with van der Waals surface area (Å²) in [5.74, 6) is 1.04. The van der Waals surface area contributed by atoms with Crippen LogP contribution in [0.25, 0.3) is 5.69 Å². The number of likely N-dealkylation sites (tertiary alicyclic amines) is 1. The van der Waals surface area contributed by atoms with Crippen LogP contribution in [0, 0.1) is 11.8 Å². The summed E-state index contributed by atoms with van der Waals surface area (Å²) < 4.78 is 1.40. The third-order valence-corrected chi connectivity index (χ3v) is 7.00. The van der Waals surface area contributed by atoms with Crippen molar-refractivity contribution in [1.82, 2.24) is 24.7 Å². The second-order valence-corrected chi connectivity index (χ2v) is 9.26. The summed E-state index contributed by atoms with van der Waals surface area (Å²) in [6.45, 7) is 4.12. The molecule has 11 nitrogen and oxygen atoms in total. The number of rotatable bonds is 5. The third-order valence-electron chi connectivity index (χ3n) is 7.00. The highest BCUT2D eigenvalue weighted by atomic mass is 16.2. The van der Waals surface area contributed by atoms with Gasteiger partial charge in [0, 0.05) is 51.5 Å². The number of nitrogens with one attached hydrogen (secondary N) is 2. The minimum Gasteiger partial charge on any atom is -0.341 e. The summed E-state index contributed by atoms with van der Waals surface area (Å²) in [4.78, 5) is 45.0. The number of benzene rings is 1. The zero-order valence-electron chi connectivity index (χ0n) is 18.9. The zero-order valence-corrected chi connectivity index (χ0v) is 18.9. The normalized spacial score (nSPS) is 24.5. The molecule has 3 amide bonds. The molecule has 6 N–H and O–H groups in total. The standard InChI is InChI=1S/C23H30N8O3/c24-18(21(32)30-12-16-17(13-30)20(16)25)11-14-1-3-15(4-2-14)31-8-5-19(28-23(31)34)27-22(33)29-9-6-26-7-10-29/h1-5,8,16-18,20,26H,6-7,9-13,24-25H2,(H,27,28,33,34)/t16?,17?,18-,20?/m0/s1. The van der Waals surface area contributed by atoms with Crippen LogP contribution in [0.4, 0.5) is 10.6 Å². The van der Waals surface area contributed by atoms with Crippen LogP contribution < -0.4 is 27.8 Å². The molecule has 5 rings (SSSR count). The third kappa shape index (κ3) is 4.54. The van der Waals surface area contributed by atoms with Gasteiger partial charge >= 0.3 is 11.7 Å². The Bertz CT molecular complexity index is 1120. The van der Waals surface area contributed by atoms with Gasteiger partial charge in [0.1, 0.15) is 5.82 Å². The van der Waals surface area contributed by atoms with Gasteiger partial charge in [0.05, 0.1) is 11.7 Å². The molecule has 2 aliphatic heterocycles. The quantitative estimate of drug-likeness (QED) is 0.439. The maximum atomic E-state index is 12.6. The lowest BCUT2D eigenvalue weighted by atomic mass is 10.0. The van der Waals surface area contributed by atoms with Gasteiger partial charge in [-0.25, -0.2) is 9.59 Å². The molecule has 1 aromatic heterocycles. The van der Waals surface area contributed by atoms with Gasteiger partial charge in [-0.3, -0.25) is 14.7 Å². The number of carbonyl (C=O) groups is 2. The second-order valence-electron chi connectivity index (χ2n) is 9.26. The Morgan fingerprint density at radius 2 is 1.76 bits per heavy atom. The van der Waals surface area contributed by atoms with Gasteiger partial charge in [0.15, 0.2) is 0 Å². The van der Waals surface area contributed by atoms with Crippen molar-refractivity contribution in [2.75, 3.05) is 44.6 Å². The lowest BCUT2D eigenvalue weighted by Crippen LogP contribution is -2.48. The molecule has 2 saturated heterocycles. The molecule has 3 atom stereocenters. The van der Waals surface area contributed by atoms with Crippen molar-refractivity contribution >= 4 is 17.8 Å². The summed E-state index contributed by atoms with van der Waals surface area (Å²) in [5.41, 5.74) is 13.2. The number of anilines is 1. The van der Waals surface area contributed by atoms with Gasteiger partial charge in [-0.2, -0.15) is 4.98 Å². The van der Waals surface area contributed by atoms with E-state index in [2.05, 4.69) is 15.6 Å². The molecule has 1 saturated carbocycles. The number of nitrogens with two attached hydrogens (primary N) is 2. The number of carbonyl (C=O) groups excluding carboxylic acids is 2. The van der Waals surface area contributed by atoms with Crippen molar-refractivity contribution in [3.63, 3.8) is 0 Å². The Kier molecular flexibility index (Phi) is 6.07. The number of amides is 3. The summed E-state index contributed by atoms with van der Waals surface area (Å²) in [7, 11) is 0. The highest BCUT2D eigenvalue weighted by Crippen LogP contribution is 2.43. The lowest BCUT2D eigenvalue weighted by molar-refractivity contribution is -0.132. The van der Waals surface area contributed by atoms with Crippen LogP contribution in [0.1, 0.15) is 5.56 Å². The van der Waals surface area contributed by atoms with E-state index in [1.807, 2.05) is 17.0 Å². The van der Waals surface area contributed by atoms with Crippen LogP contribution in [0.15, 0.2) is 41.3 Å². The molecule has 0 spiro atoms. The maximum Gasteiger partial charge on any atom is 0.354 e. The monoisotopic (exact) mass is 466 g/mol. The van der Waals surface area contributed by atoms with Gasteiger partial charge in [-0.15, -0.1) is 0 Å². The number of nitrogens with zero attached hydrogens (tertiary/aromatic N) is 4. The molecule has 3 fully saturated rings. The predicted octanol–water partition coefficient (Wildman–Crippen LogP) is -1.05. The first-order valence-electron chi connectivity index (χ1n) is 11.7. The average molecular weight is 467 g/mol. The molecular weight excluding hydrogens is 436 g/mol. The number of piperazine rings is 1. The fourth-order valence-electron chi connectivity index (χ4n) is 4.85. The highest BCUT2D eigenvalue weighted by Gasteiger charge is 2.54. The number of hydrogen-bond donors (Lipinski definition) is 4. The smallest absolute Gasteiger partial charge is 0.341 e. The van der Waals surface area contributed by atoms with Crippen LogP contribution in [-0.4, -0.2) is 82.6 Å². The Labute approximate surface area is 197 Å². The van der Waals surface area contributed by atoms with Crippen LogP contribution in [-0.2, 0) is 11.2 Å². The molecule has 3 aliphatic rings. The molecule has 2 unspecified atom stereocenters. The predicted molar refractivity (Wildman–Crippen MR) is 127 cm³/mol. The second kappa shape index (κ2) is 9.16. The van der Waals surface area contributed by atoms with Gasteiger partial charge in [0.2, 0.25) is 5.91 Å². The topological polar surface area (TPSA) is 152 Å². The first-order chi connectivity index (χ1) is 16.4. The van der Waals surface area contributed by atoms with Crippen LogP contribution in [0.5, 0.6) is 0 Å². The Morgan fingerprint density at radius 3 is 2.41 bits per heavy atom. The molecule has 180 valence electrons. The molecule has 3 heterocycles. The minimum atomic E-state index is -0.609. The van der Waals surface area contributed by atoms with E-state index in [9.17, 15) is 14.4 Å². The van der Waals surface area contributed by atoms with Crippen molar-refractivity contribution in [3.05, 3.63) is 52.6 Å². The van der Waals surface area contributed by atoms with Gasteiger partial charge < -0.3 is 26.6 Å². The molecule has 34 heavy (non-hydrogen) atoms. The largest absolute Gasteiger partial charge is 0.354 e. The van der Waals surface area contributed by atoms with E-state index in [-0.39, 0.29) is 23.8 Å². The van der Waals surface area contributed by atoms with Crippen LogP contribution >= 0.6 is 0 Å². The van der Waals surface area contributed by atoms with Crippen molar-refractivity contribution in [3.8, 4) is 5.69 Å². The summed E-state index contributed by atoms with van der Waals surface area (Å²) in [6, 6.07) is 8.24. The van der Waals surface area contributed by atoms with E-state index in [1.165, 1.54) is 4.57 Å². The lowest BCUT2D eigenvalue weighted by Gasteiger charge is -2.27. The van der Waals surface area contributed by atoms with Crippen molar-refractivity contribution in [1.29, 1.82) is 0 Å². The van der Waals surface area contributed by atoms with E-state index in [1.54, 1.807) is 29.3 Å². The van der Waals surface area contributed by atoms with Crippen molar-refractivity contribution in [2.24, 2.45) is 23.3 Å². The number of urea groups is 1. The van der Waals surface area contributed by atoms with E-state index < -0.39 is 11.7 Å². The Balaban J connectivity index is 1.19. The molecule has 1 aromatic carbocycles. The molecule has 11 heteroatoms. The van der Waals surface area contributed by atoms with Crippen molar-refractivity contribution in [2.45, 2.75) is 18.5 Å². The fraction of sp³-hybridized carbons (Fsp3) is 0.478. The number of fused-ring (bicyclic) bond motifs is 1. The summed E-state index contributed by atoms with van der Waals surface area (Å²) >= 11 is 0. The summed E-state index contributed by atoms with van der Waals surface area (Å²) in [6.07, 6.45) is 2.00. The number of piperidine rings is 1. The van der Waals surface area contributed by atoms with Crippen LogP contribution in [0.2, 0.25) is 0 Å².